The number of rotatable bonds is 9. The number of anilines is 4. The molecule has 0 saturated carbocycles. The maximum atomic E-state index is 12.9. The maximum Gasteiger partial charge on any atom is 0.263 e. The number of nitrogens with zero attached hydrogens (tertiary/aromatic N) is 6. The third-order valence-electron chi connectivity index (χ3n) is 7.00. The molecule has 2 N–H and O–H groups in total. The van der Waals surface area contributed by atoms with Crippen LogP contribution in [0.4, 0.5) is 23.1 Å². The van der Waals surface area contributed by atoms with E-state index in [-0.39, 0.29) is 15.5 Å². The molecule has 0 aliphatic carbocycles. The third kappa shape index (κ3) is 6.79. The van der Waals surface area contributed by atoms with Gasteiger partial charge in [-0.2, -0.15) is 0 Å². The summed E-state index contributed by atoms with van der Waals surface area (Å²) < 4.78 is 34.0. The first-order valence-corrected chi connectivity index (χ1v) is 16.4. The second kappa shape index (κ2) is 12.7. The monoisotopic (exact) mass is 616 g/mol. The van der Waals surface area contributed by atoms with Crippen LogP contribution in [-0.4, -0.2) is 65.7 Å². The smallest absolute Gasteiger partial charge is 0.263 e. The van der Waals surface area contributed by atoms with E-state index in [2.05, 4.69) is 43.7 Å². The van der Waals surface area contributed by atoms with Gasteiger partial charge >= 0.3 is 0 Å². The summed E-state index contributed by atoms with van der Waals surface area (Å²) in [6.07, 6.45) is 6.38. The number of sulfonamides is 1. The first-order valence-electron chi connectivity index (χ1n) is 14.0. The SMILES string of the molecule is CC(C)C1N=C(c2cccc(NS(=O)(=O)c3cccnc3)c2)C(c2ccnc(Nc3ccc(N4CCOCC4)nc3)n2)S1. The molecule has 1 aromatic carbocycles. The minimum Gasteiger partial charge on any atom is -0.378 e. The Labute approximate surface area is 255 Å². The maximum absolute atomic E-state index is 12.9. The lowest BCUT2D eigenvalue weighted by atomic mass is 10.0. The molecule has 222 valence electrons. The Bertz CT molecular complexity index is 1700. The van der Waals surface area contributed by atoms with E-state index in [0.717, 1.165) is 41.6 Å². The quantitative estimate of drug-likeness (QED) is 0.267. The second-order valence-electron chi connectivity index (χ2n) is 10.5. The van der Waals surface area contributed by atoms with E-state index >= 15 is 0 Å². The van der Waals surface area contributed by atoms with Crippen LogP contribution in [0.15, 0.2) is 89.3 Å². The molecular weight excluding hydrogens is 585 g/mol. The fourth-order valence-corrected chi connectivity index (χ4v) is 7.17. The second-order valence-corrected chi connectivity index (χ2v) is 13.4. The van der Waals surface area contributed by atoms with Gasteiger partial charge < -0.3 is 15.0 Å². The minimum absolute atomic E-state index is 0.0269. The van der Waals surface area contributed by atoms with Crippen LogP contribution in [0.1, 0.15) is 30.4 Å². The lowest BCUT2D eigenvalue weighted by Gasteiger charge is -2.27. The van der Waals surface area contributed by atoms with Crippen molar-refractivity contribution in [3.05, 3.63) is 90.6 Å². The molecule has 1 saturated heterocycles. The van der Waals surface area contributed by atoms with Gasteiger partial charge in [0.15, 0.2) is 0 Å². The van der Waals surface area contributed by atoms with Crippen LogP contribution in [0.2, 0.25) is 0 Å². The molecule has 0 radical (unpaired) electrons. The van der Waals surface area contributed by atoms with E-state index in [1.807, 2.05) is 36.4 Å². The first-order chi connectivity index (χ1) is 20.9. The van der Waals surface area contributed by atoms with Gasteiger partial charge in [-0.15, -0.1) is 11.8 Å². The summed E-state index contributed by atoms with van der Waals surface area (Å²) >= 11 is 1.73. The molecular formula is C30H32N8O3S2. The van der Waals surface area contributed by atoms with Gasteiger partial charge in [-0.05, 0) is 53.9 Å². The molecule has 1 fully saturated rings. The molecule has 2 unspecified atom stereocenters. The van der Waals surface area contributed by atoms with E-state index in [9.17, 15) is 8.42 Å². The topological polar surface area (TPSA) is 135 Å². The number of aromatic nitrogens is 4. The number of ether oxygens (including phenoxy) is 1. The number of pyridine rings is 2. The Morgan fingerprint density at radius 2 is 1.84 bits per heavy atom. The molecule has 6 rings (SSSR count). The van der Waals surface area contributed by atoms with Crippen molar-refractivity contribution >= 4 is 50.6 Å². The summed E-state index contributed by atoms with van der Waals surface area (Å²) in [6.45, 7) is 7.33. The lowest BCUT2D eigenvalue weighted by molar-refractivity contribution is 0.122. The molecule has 2 atom stereocenters. The molecule has 3 aromatic heterocycles. The summed E-state index contributed by atoms with van der Waals surface area (Å²) in [4.78, 5) is 25.2. The van der Waals surface area contributed by atoms with Gasteiger partial charge in [0, 0.05) is 37.4 Å². The number of nitrogens with one attached hydrogen (secondary N) is 2. The van der Waals surface area contributed by atoms with Crippen molar-refractivity contribution in [3.8, 4) is 0 Å². The highest BCUT2D eigenvalue weighted by molar-refractivity contribution is 8.01. The Morgan fingerprint density at radius 1 is 0.977 bits per heavy atom. The summed E-state index contributed by atoms with van der Waals surface area (Å²) in [6, 6.07) is 16.3. The van der Waals surface area contributed by atoms with Crippen LogP contribution in [0.3, 0.4) is 0 Å². The van der Waals surface area contributed by atoms with Gasteiger partial charge in [0.25, 0.3) is 10.0 Å². The van der Waals surface area contributed by atoms with Gasteiger partial charge in [-0.25, -0.2) is 23.4 Å². The highest BCUT2D eigenvalue weighted by Gasteiger charge is 2.34. The zero-order valence-corrected chi connectivity index (χ0v) is 25.4. The average Bonchev–Trinajstić information content (AvgIpc) is 3.49. The molecule has 0 amide bonds. The molecule has 2 aliphatic heterocycles. The van der Waals surface area contributed by atoms with Crippen LogP contribution in [0, 0.1) is 5.92 Å². The van der Waals surface area contributed by atoms with Crippen molar-refractivity contribution in [1.29, 1.82) is 0 Å². The number of aliphatic imine (C=N–C) groups is 1. The number of thioether (sulfide) groups is 1. The van der Waals surface area contributed by atoms with Crippen LogP contribution < -0.4 is 14.9 Å². The Kier molecular flexibility index (Phi) is 8.54. The van der Waals surface area contributed by atoms with Gasteiger partial charge in [0.05, 0.1) is 47.1 Å². The third-order valence-corrected chi connectivity index (χ3v) is 10.0. The van der Waals surface area contributed by atoms with Crippen molar-refractivity contribution in [2.75, 3.05) is 41.2 Å². The molecule has 5 heterocycles. The fourth-order valence-electron chi connectivity index (χ4n) is 4.79. The van der Waals surface area contributed by atoms with E-state index in [1.165, 1.54) is 18.5 Å². The van der Waals surface area contributed by atoms with Crippen molar-refractivity contribution in [2.45, 2.75) is 29.4 Å². The zero-order chi connectivity index (χ0) is 29.8. The average molecular weight is 617 g/mol. The van der Waals surface area contributed by atoms with Crippen molar-refractivity contribution in [2.24, 2.45) is 10.9 Å². The van der Waals surface area contributed by atoms with Crippen molar-refractivity contribution in [3.63, 3.8) is 0 Å². The highest BCUT2D eigenvalue weighted by atomic mass is 32.2. The van der Waals surface area contributed by atoms with Crippen molar-refractivity contribution < 1.29 is 13.2 Å². The van der Waals surface area contributed by atoms with Crippen LogP contribution in [-0.2, 0) is 14.8 Å². The van der Waals surface area contributed by atoms with E-state index in [0.29, 0.717) is 30.8 Å². The van der Waals surface area contributed by atoms with E-state index < -0.39 is 10.0 Å². The number of morpholine rings is 1. The molecule has 0 bridgehead atoms. The van der Waals surface area contributed by atoms with Crippen molar-refractivity contribution in [1.82, 2.24) is 19.9 Å². The van der Waals surface area contributed by atoms with Gasteiger partial charge in [0.2, 0.25) is 5.95 Å². The normalized spacial score (nSPS) is 18.9. The molecule has 43 heavy (non-hydrogen) atoms. The Balaban J connectivity index is 1.23. The molecule has 13 heteroatoms. The van der Waals surface area contributed by atoms with Crippen LogP contribution >= 0.6 is 11.8 Å². The largest absolute Gasteiger partial charge is 0.378 e. The standard InChI is InChI=1S/C30H32N8O3S2/c1-20(2)29-36-27(21-5-3-6-22(17-21)37-43(39,40)24-7-4-11-31-19-24)28(42-29)25-10-12-32-30(35-25)34-23-8-9-26(33-18-23)38-13-15-41-16-14-38/h3-12,17-20,28-29,37H,13-16H2,1-2H3,(H,32,34,35). The summed E-state index contributed by atoms with van der Waals surface area (Å²) in [5, 5.41) is 3.14. The fraction of sp³-hybridized carbons (Fsp3) is 0.300. The predicted molar refractivity (Wildman–Crippen MR) is 170 cm³/mol. The number of hydrogen-bond donors (Lipinski definition) is 2. The highest BCUT2D eigenvalue weighted by Crippen LogP contribution is 2.44. The minimum atomic E-state index is -3.79. The summed E-state index contributed by atoms with van der Waals surface area (Å²) in [5.74, 6) is 1.67. The number of benzene rings is 1. The molecule has 4 aromatic rings. The Hall–Kier alpha value is -4.07. The summed E-state index contributed by atoms with van der Waals surface area (Å²) in [5.41, 5.74) is 3.70. The molecule has 0 spiro atoms. The molecule has 11 nitrogen and oxygen atoms in total. The van der Waals surface area contributed by atoms with Gasteiger partial charge in [0.1, 0.15) is 10.7 Å². The summed E-state index contributed by atoms with van der Waals surface area (Å²) in [7, 11) is -3.79. The lowest BCUT2D eigenvalue weighted by Crippen LogP contribution is -2.36. The van der Waals surface area contributed by atoms with Crippen LogP contribution in [0.25, 0.3) is 0 Å². The number of hydrogen-bond acceptors (Lipinski definition) is 11. The van der Waals surface area contributed by atoms with Crippen LogP contribution in [0.5, 0.6) is 0 Å². The van der Waals surface area contributed by atoms with Gasteiger partial charge in [-0.1, -0.05) is 26.0 Å². The Morgan fingerprint density at radius 3 is 2.58 bits per heavy atom. The predicted octanol–water partition coefficient (Wildman–Crippen LogP) is 4.91. The van der Waals surface area contributed by atoms with E-state index in [4.69, 9.17) is 14.7 Å². The van der Waals surface area contributed by atoms with E-state index in [1.54, 1.807) is 36.3 Å². The van der Waals surface area contributed by atoms with Gasteiger partial charge in [-0.3, -0.25) is 14.7 Å². The zero-order valence-electron chi connectivity index (χ0n) is 23.8. The first kappa shape index (κ1) is 29.0. The molecule has 2 aliphatic rings.